The SMILES string of the molecule is CCC.CCC(C)C1CC(C)C(C)C(C)C1C.CCC(C)CCC(C)C(C)C(C)CC.OO. The molecule has 2 nitrogen and oxygen atoms in total. The molecule has 1 fully saturated rings. The first-order chi connectivity index (χ1) is 15.4. The normalized spacial score (nSPS) is 28.9. The van der Waals surface area contributed by atoms with Crippen LogP contribution in [0, 0.1) is 59.2 Å². The van der Waals surface area contributed by atoms with Crippen molar-refractivity contribution in [2.75, 3.05) is 0 Å². The van der Waals surface area contributed by atoms with Crippen molar-refractivity contribution in [3.8, 4) is 0 Å². The molecular formula is C31H68O2. The molecule has 1 aliphatic rings. The minimum Gasteiger partial charge on any atom is -0.255 e. The molecule has 10 unspecified atom stereocenters. The lowest BCUT2D eigenvalue weighted by atomic mass is 9.61. The lowest BCUT2D eigenvalue weighted by Gasteiger charge is -2.45. The van der Waals surface area contributed by atoms with Crippen LogP contribution in [0.3, 0.4) is 0 Å². The van der Waals surface area contributed by atoms with Crippen molar-refractivity contribution in [1.29, 1.82) is 0 Å². The van der Waals surface area contributed by atoms with Gasteiger partial charge in [-0.15, -0.1) is 0 Å². The Labute approximate surface area is 211 Å². The van der Waals surface area contributed by atoms with Crippen LogP contribution in [0.25, 0.3) is 0 Å². The second-order valence-electron chi connectivity index (χ2n) is 11.9. The predicted octanol–water partition coefficient (Wildman–Crippen LogP) is 11.2. The molecule has 0 spiro atoms. The van der Waals surface area contributed by atoms with Gasteiger partial charge in [-0.1, -0.05) is 135 Å². The molecule has 0 saturated heterocycles. The molecule has 0 aromatic carbocycles. The zero-order valence-corrected chi connectivity index (χ0v) is 25.6. The minimum absolute atomic E-state index is 0.891. The average molecular weight is 473 g/mol. The van der Waals surface area contributed by atoms with Crippen LogP contribution in [0.4, 0.5) is 0 Å². The average Bonchev–Trinajstić information content (AvgIpc) is 2.83. The van der Waals surface area contributed by atoms with Crippen LogP contribution in [-0.2, 0) is 0 Å². The van der Waals surface area contributed by atoms with Crippen molar-refractivity contribution in [1.82, 2.24) is 0 Å². The summed E-state index contributed by atoms with van der Waals surface area (Å²) in [7, 11) is 0. The van der Waals surface area contributed by atoms with Gasteiger partial charge in [0.25, 0.3) is 0 Å². The summed E-state index contributed by atoms with van der Waals surface area (Å²) in [5, 5.41) is 12.0. The van der Waals surface area contributed by atoms with Crippen LogP contribution in [-0.4, -0.2) is 10.5 Å². The van der Waals surface area contributed by atoms with Crippen molar-refractivity contribution < 1.29 is 10.5 Å². The molecule has 1 saturated carbocycles. The molecule has 33 heavy (non-hydrogen) atoms. The summed E-state index contributed by atoms with van der Waals surface area (Å²) in [5.74, 6) is 9.19. The third-order valence-electron chi connectivity index (χ3n) is 9.50. The van der Waals surface area contributed by atoms with E-state index in [-0.39, 0.29) is 0 Å². The van der Waals surface area contributed by atoms with Gasteiger partial charge in [0, 0.05) is 0 Å². The van der Waals surface area contributed by atoms with E-state index in [1.807, 2.05) is 0 Å². The van der Waals surface area contributed by atoms with Crippen LogP contribution >= 0.6 is 0 Å². The summed E-state index contributed by atoms with van der Waals surface area (Å²) in [6.45, 7) is 33.1. The van der Waals surface area contributed by atoms with E-state index in [0.717, 1.165) is 59.2 Å². The molecule has 1 aliphatic carbocycles. The van der Waals surface area contributed by atoms with Crippen LogP contribution < -0.4 is 0 Å². The van der Waals surface area contributed by atoms with Gasteiger partial charge in [-0.3, -0.25) is 10.5 Å². The fourth-order valence-electron chi connectivity index (χ4n) is 5.25. The second-order valence-corrected chi connectivity index (χ2v) is 11.9. The minimum atomic E-state index is 0.891. The lowest BCUT2D eigenvalue weighted by molar-refractivity contribution is -0.176. The highest BCUT2D eigenvalue weighted by Gasteiger charge is 2.37. The Morgan fingerprint density at radius 3 is 1.52 bits per heavy atom. The highest BCUT2D eigenvalue weighted by atomic mass is 17.0. The highest BCUT2D eigenvalue weighted by Crippen LogP contribution is 2.45. The molecule has 0 radical (unpaired) electrons. The Morgan fingerprint density at radius 1 is 0.636 bits per heavy atom. The maximum absolute atomic E-state index is 6.00. The van der Waals surface area contributed by atoms with Gasteiger partial charge in [-0.2, -0.15) is 0 Å². The largest absolute Gasteiger partial charge is 0.255 e. The first-order valence-electron chi connectivity index (χ1n) is 14.6. The van der Waals surface area contributed by atoms with Crippen LogP contribution in [0.15, 0.2) is 0 Å². The van der Waals surface area contributed by atoms with Gasteiger partial charge in [0.05, 0.1) is 0 Å². The molecule has 2 heteroatoms. The Morgan fingerprint density at radius 2 is 1.12 bits per heavy atom. The van der Waals surface area contributed by atoms with Gasteiger partial charge in [-0.25, -0.2) is 0 Å². The van der Waals surface area contributed by atoms with E-state index < -0.39 is 0 Å². The Bertz CT molecular complexity index is 392. The van der Waals surface area contributed by atoms with E-state index in [1.54, 1.807) is 0 Å². The van der Waals surface area contributed by atoms with E-state index in [1.165, 1.54) is 44.9 Å². The monoisotopic (exact) mass is 473 g/mol. The highest BCUT2D eigenvalue weighted by molar-refractivity contribution is 4.86. The smallest absolute Gasteiger partial charge is 0.0358 e. The summed E-state index contributed by atoms with van der Waals surface area (Å²) >= 11 is 0. The van der Waals surface area contributed by atoms with Gasteiger partial charge in [0.2, 0.25) is 0 Å². The summed E-state index contributed by atoms with van der Waals surface area (Å²) in [4.78, 5) is 0. The van der Waals surface area contributed by atoms with Crippen LogP contribution in [0.5, 0.6) is 0 Å². The molecule has 204 valence electrons. The van der Waals surface area contributed by atoms with Crippen molar-refractivity contribution in [3.63, 3.8) is 0 Å². The molecule has 0 aromatic rings. The maximum Gasteiger partial charge on any atom is -0.0358 e. The zero-order chi connectivity index (χ0) is 26.7. The fourth-order valence-corrected chi connectivity index (χ4v) is 5.25. The Kier molecular flexibility index (Phi) is 25.4. The lowest BCUT2D eigenvalue weighted by Crippen LogP contribution is -2.37. The third-order valence-corrected chi connectivity index (χ3v) is 9.50. The molecule has 0 amide bonds. The van der Waals surface area contributed by atoms with Crippen molar-refractivity contribution in [2.24, 2.45) is 59.2 Å². The van der Waals surface area contributed by atoms with E-state index in [9.17, 15) is 0 Å². The van der Waals surface area contributed by atoms with Crippen LogP contribution in [0.2, 0.25) is 0 Å². The summed E-state index contributed by atoms with van der Waals surface area (Å²) < 4.78 is 0. The van der Waals surface area contributed by atoms with Gasteiger partial charge < -0.3 is 0 Å². The third kappa shape index (κ3) is 15.5. The molecule has 0 aromatic heterocycles. The van der Waals surface area contributed by atoms with Gasteiger partial charge in [-0.05, 0) is 65.6 Å². The van der Waals surface area contributed by atoms with Crippen molar-refractivity contribution in [2.45, 2.75) is 142 Å². The molecule has 0 heterocycles. The fraction of sp³-hybridized carbons (Fsp3) is 1.00. The number of hydrogen-bond acceptors (Lipinski definition) is 2. The quantitative estimate of drug-likeness (QED) is 0.259. The summed E-state index contributed by atoms with van der Waals surface area (Å²) in [5.41, 5.74) is 0. The van der Waals surface area contributed by atoms with Crippen molar-refractivity contribution in [3.05, 3.63) is 0 Å². The molecule has 2 N–H and O–H groups in total. The Hall–Kier alpha value is -0.0800. The van der Waals surface area contributed by atoms with Gasteiger partial charge in [0.15, 0.2) is 0 Å². The van der Waals surface area contributed by atoms with E-state index in [4.69, 9.17) is 10.5 Å². The molecule has 0 bridgehead atoms. The first-order valence-corrected chi connectivity index (χ1v) is 14.6. The van der Waals surface area contributed by atoms with Gasteiger partial charge >= 0.3 is 0 Å². The van der Waals surface area contributed by atoms with Gasteiger partial charge in [0.1, 0.15) is 0 Å². The number of hydrogen-bond donors (Lipinski definition) is 2. The summed E-state index contributed by atoms with van der Waals surface area (Å²) in [6, 6.07) is 0. The molecule has 10 atom stereocenters. The first kappa shape index (κ1) is 37.5. The Balaban J connectivity index is -0.000000456. The van der Waals surface area contributed by atoms with E-state index in [0.29, 0.717) is 0 Å². The maximum atomic E-state index is 6.00. The zero-order valence-electron chi connectivity index (χ0n) is 25.6. The topological polar surface area (TPSA) is 40.5 Å². The summed E-state index contributed by atoms with van der Waals surface area (Å²) in [6.07, 6.45) is 9.56. The molecule has 0 aliphatic heterocycles. The van der Waals surface area contributed by atoms with Crippen LogP contribution in [0.1, 0.15) is 142 Å². The van der Waals surface area contributed by atoms with E-state index in [2.05, 4.69) is 96.9 Å². The standard InChI is InChI=1S/C14H28.C14H30.C3H8.H2O2/c1-7-9(2)14-8-10(3)11(4)12(5)13(14)6;1-7-11(3)9-10-13(5)14(6)12(4)8-2;1-3-2;1-2/h9-14H,7-8H2,1-6H3;11-14H,7-10H2,1-6H3;3H2,1-2H3;1-2H. The van der Waals surface area contributed by atoms with Crippen molar-refractivity contribution >= 4 is 0 Å². The molecule has 1 rings (SSSR count). The molecular weight excluding hydrogens is 404 g/mol. The predicted molar refractivity (Wildman–Crippen MR) is 152 cm³/mol. The second kappa shape index (κ2) is 22.4. The number of rotatable bonds is 9. The van der Waals surface area contributed by atoms with E-state index >= 15 is 0 Å².